The van der Waals surface area contributed by atoms with E-state index in [4.69, 9.17) is 23.2 Å². The largest absolute Gasteiger partial charge is 0.149 e. The number of aryl methyl sites for hydroxylation is 1. The molecule has 0 aliphatic heterocycles. The second-order valence-corrected chi connectivity index (χ2v) is 6.97. The first-order chi connectivity index (χ1) is 11.1. The molecule has 3 rings (SSSR count). The highest BCUT2D eigenvalue weighted by molar-refractivity contribution is 7.98. The van der Waals surface area contributed by atoms with Gasteiger partial charge in [0.05, 0.1) is 15.7 Å². The summed E-state index contributed by atoms with van der Waals surface area (Å²) < 4.78 is 0. The van der Waals surface area contributed by atoms with Gasteiger partial charge in [-0.1, -0.05) is 70.9 Å². The van der Waals surface area contributed by atoms with Crippen LogP contribution in [0.15, 0.2) is 59.6 Å². The highest BCUT2D eigenvalue weighted by Gasteiger charge is 2.04. The van der Waals surface area contributed by atoms with Gasteiger partial charge in [-0.3, -0.25) is 0 Å². The molecule has 0 atom stereocenters. The minimum absolute atomic E-state index is 0.572. The second kappa shape index (κ2) is 7.35. The predicted octanol–water partition coefficient (Wildman–Crippen LogP) is 6.05. The zero-order valence-electron chi connectivity index (χ0n) is 12.5. The summed E-state index contributed by atoms with van der Waals surface area (Å²) >= 11 is 13.6. The van der Waals surface area contributed by atoms with Crippen molar-refractivity contribution >= 4 is 35.0 Å². The van der Waals surface area contributed by atoms with E-state index in [0.717, 1.165) is 27.6 Å². The number of halogens is 2. The molecule has 0 unspecified atom stereocenters. The Balaban J connectivity index is 1.67. The summed E-state index contributed by atoms with van der Waals surface area (Å²) in [4.78, 5) is 0. The molecule has 1 aromatic heterocycles. The third-order valence-electron chi connectivity index (χ3n) is 3.36. The minimum atomic E-state index is 0.572. The highest BCUT2D eigenvalue weighted by Crippen LogP contribution is 2.27. The number of aromatic nitrogens is 2. The maximum absolute atomic E-state index is 6.03. The molecule has 0 saturated heterocycles. The van der Waals surface area contributed by atoms with Crippen molar-refractivity contribution in [3.8, 4) is 11.3 Å². The number of nitrogens with zero attached hydrogens (tertiary/aromatic N) is 2. The normalized spacial score (nSPS) is 10.7. The maximum atomic E-state index is 6.03. The van der Waals surface area contributed by atoms with E-state index < -0.39 is 0 Å². The first-order valence-corrected chi connectivity index (χ1v) is 8.83. The zero-order chi connectivity index (χ0) is 16.2. The van der Waals surface area contributed by atoms with Crippen molar-refractivity contribution in [3.63, 3.8) is 0 Å². The van der Waals surface area contributed by atoms with E-state index in [9.17, 15) is 0 Å². The lowest BCUT2D eigenvalue weighted by Gasteiger charge is -2.04. The van der Waals surface area contributed by atoms with Gasteiger partial charge >= 0.3 is 0 Å². The number of hydrogen-bond donors (Lipinski definition) is 0. The summed E-state index contributed by atoms with van der Waals surface area (Å²) in [5.41, 5.74) is 4.29. The van der Waals surface area contributed by atoms with Crippen molar-refractivity contribution in [2.45, 2.75) is 17.7 Å². The molecular formula is C18H14Cl2N2S. The maximum Gasteiger partial charge on any atom is 0.119 e. The second-order valence-electron chi connectivity index (χ2n) is 5.16. The van der Waals surface area contributed by atoms with Gasteiger partial charge in [-0.25, -0.2) is 0 Å². The molecule has 0 aliphatic carbocycles. The van der Waals surface area contributed by atoms with Crippen LogP contribution in [0.3, 0.4) is 0 Å². The van der Waals surface area contributed by atoms with Crippen LogP contribution in [-0.2, 0) is 5.75 Å². The molecule has 0 amide bonds. The van der Waals surface area contributed by atoms with Crippen molar-refractivity contribution in [1.29, 1.82) is 0 Å². The summed E-state index contributed by atoms with van der Waals surface area (Å²) in [5, 5.41) is 10.6. The molecule has 0 bridgehead atoms. The highest BCUT2D eigenvalue weighted by atomic mass is 35.5. The summed E-state index contributed by atoms with van der Waals surface area (Å²) in [7, 11) is 0. The molecule has 0 fully saturated rings. The van der Waals surface area contributed by atoms with Gasteiger partial charge in [0, 0.05) is 11.3 Å². The topological polar surface area (TPSA) is 25.8 Å². The number of benzene rings is 2. The smallest absolute Gasteiger partial charge is 0.119 e. The van der Waals surface area contributed by atoms with Gasteiger partial charge in [0.15, 0.2) is 0 Å². The molecule has 2 nitrogen and oxygen atoms in total. The lowest BCUT2D eigenvalue weighted by Crippen LogP contribution is -1.90. The van der Waals surface area contributed by atoms with E-state index in [2.05, 4.69) is 41.4 Å². The average molecular weight is 361 g/mol. The lowest BCUT2D eigenvalue weighted by atomic mass is 10.1. The van der Waals surface area contributed by atoms with Gasteiger partial charge in [-0.15, -0.1) is 10.2 Å². The quantitative estimate of drug-likeness (QED) is 0.529. The summed E-state index contributed by atoms with van der Waals surface area (Å²) in [6.07, 6.45) is 0. The van der Waals surface area contributed by atoms with Crippen LogP contribution in [0.4, 0.5) is 0 Å². The van der Waals surface area contributed by atoms with Gasteiger partial charge in [0.1, 0.15) is 5.03 Å². The molecule has 3 aromatic rings. The Morgan fingerprint density at radius 3 is 2.30 bits per heavy atom. The van der Waals surface area contributed by atoms with Crippen LogP contribution in [0.5, 0.6) is 0 Å². The van der Waals surface area contributed by atoms with Gasteiger partial charge in [0.2, 0.25) is 0 Å². The Bertz CT molecular complexity index is 802. The molecule has 0 radical (unpaired) electrons. The monoisotopic (exact) mass is 360 g/mol. The van der Waals surface area contributed by atoms with Gasteiger partial charge < -0.3 is 0 Å². The molecular weight excluding hydrogens is 347 g/mol. The van der Waals surface area contributed by atoms with Gasteiger partial charge in [0.25, 0.3) is 0 Å². The number of hydrogen-bond acceptors (Lipinski definition) is 3. The summed E-state index contributed by atoms with van der Waals surface area (Å²) in [6, 6.07) is 17.9. The van der Waals surface area contributed by atoms with Crippen molar-refractivity contribution in [2.75, 3.05) is 0 Å². The Kier molecular flexibility index (Phi) is 5.21. The fourth-order valence-corrected chi connectivity index (χ4v) is 3.14. The van der Waals surface area contributed by atoms with Crippen LogP contribution in [0, 0.1) is 6.92 Å². The van der Waals surface area contributed by atoms with Crippen LogP contribution in [-0.4, -0.2) is 10.2 Å². The average Bonchev–Trinajstić information content (AvgIpc) is 2.57. The van der Waals surface area contributed by atoms with Crippen molar-refractivity contribution < 1.29 is 0 Å². The Morgan fingerprint density at radius 2 is 1.65 bits per heavy atom. The van der Waals surface area contributed by atoms with Crippen LogP contribution in [0.25, 0.3) is 11.3 Å². The standard InChI is InChI=1S/C18H14Cl2N2S/c1-12-2-5-14(6-3-12)17-8-9-18(22-21-17)23-11-13-4-7-15(19)16(20)10-13/h2-10H,11H2,1H3. The Labute approximate surface area is 149 Å². The summed E-state index contributed by atoms with van der Waals surface area (Å²) in [5.74, 6) is 0.773. The van der Waals surface area contributed by atoms with E-state index in [-0.39, 0.29) is 0 Å². The molecule has 0 saturated carbocycles. The molecule has 2 aromatic carbocycles. The number of rotatable bonds is 4. The van der Waals surface area contributed by atoms with E-state index in [1.807, 2.05) is 30.3 Å². The van der Waals surface area contributed by atoms with E-state index in [0.29, 0.717) is 10.0 Å². The van der Waals surface area contributed by atoms with Crippen LogP contribution in [0.1, 0.15) is 11.1 Å². The van der Waals surface area contributed by atoms with Crippen molar-refractivity contribution in [2.24, 2.45) is 0 Å². The molecule has 0 N–H and O–H groups in total. The lowest BCUT2D eigenvalue weighted by molar-refractivity contribution is 0.935. The Morgan fingerprint density at radius 1 is 0.870 bits per heavy atom. The third kappa shape index (κ3) is 4.25. The Hall–Kier alpha value is -1.55. The first kappa shape index (κ1) is 16.3. The minimum Gasteiger partial charge on any atom is -0.149 e. The first-order valence-electron chi connectivity index (χ1n) is 7.09. The molecule has 116 valence electrons. The van der Waals surface area contributed by atoms with E-state index in [1.165, 1.54) is 5.56 Å². The van der Waals surface area contributed by atoms with Crippen molar-refractivity contribution in [3.05, 3.63) is 75.8 Å². The zero-order valence-corrected chi connectivity index (χ0v) is 14.8. The molecule has 23 heavy (non-hydrogen) atoms. The molecule has 5 heteroatoms. The third-order valence-corrected chi connectivity index (χ3v) is 5.09. The molecule has 0 aliphatic rings. The van der Waals surface area contributed by atoms with Crippen molar-refractivity contribution in [1.82, 2.24) is 10.2 Å². The van der Waals surface area contributed by atoms with E-state index >= 15 is 0 Å². The van der Waals surface area contributed by atoms with Gasteiger partial charge in [-0.2, -0.15) is 0 Å². The summed E-state index contributed by atoms with van der Waals surface area (Å²) in [6.45, 7) is 2.07. The fraction of sp³-hybridized carbons (Fsp3) is 0.111. The van der Waals surface area contributed by atoms with Crippen LogP contribution in [0.2, 0.25) is 10.0 Å². The number of thioether (sulfide) groups is 1. The predicted molar refractivity (Wildman–Crippen MR) is 98.2 cm³/mol. The van der Waals surface area contributed by atoms with Gasteiger partial charge in [-0.05, 0) is 36.8 Å². The van der Waals surface area contributed by atoms with E-state index in [1.54, 1.807) is 11.8 Å². The SMILES string of the molecule is Cc1ccc(-c2ccc(SCc3ccc(Cl)c(Cl)c3)nn2)cc1. The molecule has 0 spiro atoms. The fourth-order valence-electron chi connectivity index (χ4n) is 2.06. The van der Waals surface area contributed by atoms with Crippen LogP contribution < -0.4 is 0 Å². The molecule has 1 heterocycles. The van der Waals surface area contributed by atoms with Crippen LogP contribution >= 0.6 is 35.0 Å².